The van der Waals surface area contributed by atoms with Gasteiger partial charge in [-0.25, -0.2) is 4.79 Å². The molecule has 4 nitrogen and oxygen atoms in total. The van der Waals surface area contributed by atoms with Crippen molar-refractivity contribution in [2.24, 2.45) is 5.73 Å². The smallest absolute Gasteiger partial charge is 0.321 e. The Balaban J connectivity index is 0. The molecule has 0 fully saturated rings. The number of carbonyl (C=O) groups is 1. The van der Waals surface area contributed by atoms with Crippen LogP contribution in [0, 0.1) is 0 Å². The first-order valence-corrected chi connectivity index (χ1v) is 2.94. The van der Waals surface area contributed by atoms with Crippen LogP contribution in [0.4, 0.5) is 4.79 Å². The Morgan fingerprint density at radius 2 is 2.40 bits per heavy atom. The molecule has 0 saturated heterocycles. The molecule has 0 aliphatic rings. The van der Waals surface area contributed by atoms with E-state index in [1.807, 2.05) is 0 Å². The highest BCUT2D eigenvalue weighted by molar-refractivity contribution is 5.73. The fourth-order valence-electron chi connectivity index (χ4n) is 0.386. The number of hydrogen-bond donors (Lipinski definition) is 1. The lowest BCUT2D eigenvalue weighted by Crippen LogP contribution is -2.31. The van der Waals surface area contributed by atoms with Gasteiger partial charge in [0, 0.05) is 8.47 Å². The highest BCUT2D eigenvalue weighted by Crippen LogP contribution is 1.97. The summed E-state index contributed by atoms with van der Waals surface area (Å²) >= 11 is 0. The molecule has 60 valence electrons. The van der Waals surface area contributed by atoms with Crippen molar-refractivity contribution in [3.8, 4) is 0 Å². The number of carbonyl (C=O) groups excluding carboxylic acids is 1. The topological polar surface area (TPSA) is 55.6 Å². The average molecular weight is 146 g/mol. The van der Waals surface area contributed by atoms with Crippen molar-refractivity contribution in [1.29, 1.82) is 0 Å². The van der Waals surface area contributed by atoms with Crippen LogP contribution in [0.25, 0.3) is 0 Å². The molecule has 0 aliphatic heterocycles. The molecule has 0 aromatic heterocycles. The van der Waals surface area contributed by atoms with Gasteiger partial charge in [-0.15, -0.1) is 0 Å². The molecule has 10 heavy (non-hydrogen) atoms. The van der Waals surface area contributed by atoms with E-state index >= 15 is 0 Å². The van der Waals surface area contributed by atoms with Gasteiger partial charge in [-0.1, -0.05) is 0 Å². The van der Waals surface area contributed by atoms with Gasteiger partial charge in [0.2, 0.25) is 0 Å². The van der Waals surface area contributed by atoms with Crippen molar-refractivity contribution in [1.82, 2.24) is 4.90 Å². The Labute approximate surface area is 61.7 Å². The Morgan fingerprint density at radius 3 is 2.70 bits per heavy atom. The SMILES string of the molecule is C=C(OCC)N(C)C(N)=O.[HH]. The van der Waals surface area contributed by atoms with Crippen LogP contribution in [0.5, 0.6) is 0 Å². The molecule has 0 bridgehead atoms. The summed E-state index contributed by atoms with van der Waals surface area (Å²) in [5, 5.41) is 0. The zero-order valence-electron chi connectivity index (χ0n) is 6.26. The summed E-state index contributed by atoms with van der Waals surface area (Å²) in [5.74, 6) is 0.273. The monoisotopic (exact) mass is 146 g/mol. The summed E-state index contributed by atoms with van der Waals surface area (Å²) < 4.78 is 4.90. The second kappa shape index (κ2) is 3.76. The maximum Gasteiger partial charge on any atom is 0.321 e. The van der Waals surface area contributed by atoms with E-state index in [1.165, 1.54) is 7.05 Å². The molecule has 2 N–H and O–H groups in total. The third-order valence-corrected chi connectivity index (χ3v) is 1.02. The first kappa shape index (κ1) is 8.81. The Bertz CT molecular complexity index is 150. The van der Waals surface area contributed by atoms with Crippen LogP contribution in [0.2, 0.25) is 0 Å². The minimum Gasteiger partial charge on any atom is -0.479 e. The Hall–Kier alpha value is -1.19. The van der Waals surface area contributed by atoms with Crippen LogP contribution >= 0.6 is 0 Å². The number of urea groups is 1. The quantitative estimate of drug-likeness (QED) is 0.597. The Morgan fingerprint density at radius 1 is 1.90 bits per heavy atom. The maximum atomic E-state index is 10.4. The molecule has 0 saturated carbocycles. The lowest BCUT2D eigenvalue weighted by molar-refractivity contribution is 0.147. The molecule has 2 amide bonds. The predicted octanol–water partition coefficient (Wildman–Crippen LogP) is 0.751. The van der Waals surface area contributed by atoms with Crippen LogP contribution in [0.15, 0.2) is 12.5 Å². The lowest BCUT2D eigenvalue weighted by Gasteiger charge is -2.16. The predicted molar refractivity (Wildman–Crippen MR) is 40.2 cm³/mol. The number of ether oxygens (including phenoxy) is 1. The van der Waals surface area contributed by atoms with Crippen LogP contribution in [0.3, 0.4) is 0 Å². The molecule has 0 aliphatic carbocycles. The van der Waals surface area contributed by atoms with Crippen molar-refractivity contribution in [2.75, 3.05) is 13.7 Å². The van der Waals surface area contributed by atoms with Gasteiger partial charge < -0.3 is 10.5 Å². The third kappa shape index (κ3) is 2.39. The van der Waals surface area contributed by atoms with E-state index in [1.54, 1.807) is 6.92 Å². The summed E-state index contributed by atoms with van der Waals surface area (Å²) in [7, 11) is 1.50. The summed E-state index contributed by atoms with van der Waals surface area (Å²) in [6.45, 7) is 5.76. The van der Waals surface area contributed by atoms with E-state index in [9.17, 15) is 4.79 Å². The normalized spacial score (nSPS) is 8.60. The van der Waals surface area contributed by atoms with Crippen molar-refractivity contribution < 1.29 is 11.0 Å². The van der Waals surface area contributed by atoms with E-state index in [-0.39, 0.29) is 7.31 Å². The van der Waals surface area contributed by atoms with E-state index in [2.05, 4.69) is 6.58 Å². The third-order valence-electron chi connectivity index (χ3n) is 1.02. The van der Waals surface area contributed by atoms with Gasteiger partial charge in [-0.3, -0.25) is 4.90 Å². The summed E-state index contributed by atoms with van der Waals surface area (Å²) in [6, 6.07) is -0.571. The van der Waals surface area contributed by atoms with Crippen LogP contribution in [0.1, 0.15) is 8.35 Å². The van der Waals surface area contributed by atoms with Crippen LogP contribution in [-0.4, -0.2) is 24.6 Å². The largest absolute Gasteiger partial charge is 0.479 e. The minimum absolute atomic E-state index is 0. The standard InChI is InChI=1S/C6H12N2O2.H2/c1-4-10-5(2)8(3)6(7)9;/h2,4H2,1,3H3,(H2,7,9);1H. The molecule has 0 radical (unpaired) electrons. The molecule has 0 rings (SSSR count). The maximum absolute atomic E-state index is 10.4. The van der Waals surface area contributed by atoms with Gasteiger partial charge >= 0.3 is 6.03 Å². The van der Waals surface area contributed by atoms with Gasteiger partial charge in [0.1, 0.15) is 0 Å². The summed E-state index contributed by atoms with van der Waals surface area (Å²) in [5.41, 5.74) is 4.91. The molecule has 0 spiro atoms. The lowest BCUT2D eigenvalue weighted by atomic mass is 10.7. The van der Waals surface area contributed by atoms with Crippen molar-refractivity contribution >= 4 is 6.03 Å². The first-order valence-electron chi connectivity index (χ1n) is 2.94. The van der Waals surface area contributed by atoms with Gasteiger partial charge in [-0.2, -0.15) is 0 Å². The number of nitrogens with two attached hydrogens (primary N) is 1. The molecular weight excluding hydrogens is 132 g/mol. The molecule has 4 heteroatoms. The van der Waals surface area contributed by atoms with Gasteiger partial charge in [0.25, 0.3) is 0 Å². The number of rotatable bonds is 3. The fourth-order valence-corrected chi connectivity index (χ4v) is 0.386. The number of amides is 2. The van der Waals surface area contributed by atoms with E-state index in [4.69, 9.17) is 10.5 Å². The molecule has 0 aromatic rings. The van der Waals surface area contributed by atoms with E-state index < -0.39 is 6.03 Å². The minimum atomic E-state index is -0.571. The van der Waals surface area contributed by atoms with Crippen LogP contribution < -0.4 is 5.73 Å². The average Bonchev–Trinajstić information content (AvgIpc) is 1.87. The molecule has 0 atom stereocenters. The van der Waals surface area contributed by atoms with Crippen LogP contribution in [-0.2, 0) is 4.74 Å². The Kier molecular flexibility index (Phi) is 3.32. The van der Waals surface area contributed by atoms with Crippen molar-refractivity contribution in [2.45, 2.75) is 6.92 Å². The number of nitrogens with zero attached hydrogens (tertiary/aromatic N) is 1. The molecule has 0 unspecified atom stereocenters. The summed E-state index contributed by atoms with van der Waals surface area (Å²) in [6.07, 6.45) is 0. The summed E-state index contributed by atoms with van der Waals surface area (Å²) in [4.78, 5) is 11.6. The zero-order valence-corrected chi connectivity index (χ0v) is 6.26. The van der Waals surface area contributed by atoms with Gasteiger partial charge in [0.05, 0.1) is 6.61 Å². The molecule has 0 aromatic carbocycles. The van der Waals surface area contributed by atoms with Gasteiger partial charge in [0.15, 0.2) is 5.88 Å². The zero-order chi connectivity index (χ0) is 8.15. The number of primary amides is 1. The van der Waals surface area contributed by atoms with E-state index in [0.29, 0.717) is 6.61 Å². The van der Waals surface area contributed by atoms with Gasteiger partial charge in [-0.05, 0) is 13.5 Å². The second-order valence-electron chi connectivity index (χ2n) is 1.72. The van der Waals surface area contributed by atoms with Crippen molar-refractivity contribution in [3.05, 3.63) is 12.5 Å². The van der Waals surface area contributed by atoms with Crippen molar-refractivity contribution in [3.63, 3.8) is 0 Å². The first-order chi connectivity index (χ1) is 4.59. The number of hydrogen-bond acceptors (Lipinski definition) is 2. The fraction of sp³-hybridized carbons (Fsp3) is 0.500. The highest BCUT2D eigenvalue weighted by Gasteiger charge is 2.06. The molecular formula is C6H14N2O2. The second-order valence-corrected chi connectivity index (χ2v) is 1.72. The highest BCUT2D eigenvalue weighted by atomic mass is 16.5. The van der Waals surface area contributed by atoms with E-state index in [0.717, 1.165) is 4.90 Å². The molecule has 0 heterocycles.